The molecule has 0 aromatic carbocycles. The monoisotopic (exact) mass is 1110 g/mol. The van der Waals surface area contributed by atoms with Crippen molar-refractivity contribution < 1.29 is 49.3 Å². The summed E-state index contributed by atoms with van der Waals surface area (Å²) in [7, 11) is 0. The number of carbonyl (C=O) groups is 2. The normalized spacial score (nSPS) is 19.9. The maximum Gasteiger partial charge on any atom is 0.306 e. The zero-order valence-electron chi connectivity index (χ0n) is 49.6. The summed E-state index contributed by atoms with van der Waals surface area (Å²) in [6.45, 7) is 5.46. The number of ether oxygens (including phenoxy) is 3. The second-order valence-electron chi connectivity index (χ2n) is 20.5. The number of amides is 1. The summed E-state index contributed by atoms with van der Waals surface area (Å²) < 4.78 is 17.5. The molecule has 0 bridgehead atoms. The number of carbonyl (C=O) groups excluding carboxylic acids is 2. The van der Waals surface area contributed by atoms with E-state index in [9.17, 15) is 35.1 Å². The highest BCUT2D eigenvalue weighted by Crippen LogP contribution is 2.26. The van der Waals surface area contributed by atoms with Crippen LogP contribution in [0.2, 0.25) is 0 Å². The number of aliphatic hydroxyl groups is 5. The Labute approximate surface area is 485 Å². The van der Waals surface area contributed by atoms with Crippen LogP contribution in [-0.4, -0.2) is 99.6 Å². The summed E-state index contributed by atoms with van der Waals surface area (Å²) >= 11 is 0. The molecule has 1 amide bonds. The fourth-order valence-electron chi connectivity index (χ4n) is 8.51. The molecule has 0 aromatic heterocycles. The van der Waals surface area contributed by atoms with Crippen LogP contribution in [0.15, 0.2) is 158 Å². The van der Waals surface area contributed by atoms with Crippen LogP contribution in [0.4, 0.5) is 0 Å². The van der Waals surface area contributed by atoms with Gasteiger partial charge in [0, 0.05) is 6.42 Å². The molecule has 11 heteroatoms. The van der Waals surface area contributed by atoms with E-state index in [-0.39, 0.29) is 19.4 Å². The lowest BCUT2D eigenvalue weighted by atomic mass is 9.99. The molecule has 11 nitrogen and oxygen atoms in total. The summed E-state index contributed by atoms with van der Waals surface area (Å²) in [6, 6.07) is -1.06. The largest absolute Gasteiger partial charge is 0.454 e. The molecule has 1 heterocycles. The van der Waals surface area contributed by atoms with Crippen molar-refractivity contribution in [3.63, 3.8) is 0 Å². The summed E-state index contributed by atoms with van der Waals surface area (Å²) in [6.07, 6.45) is 69.9. The summed E-state index contributed by atoms with van der Waals surface area (Å²) in [5.74, 6) is -1.28. The van der Waals surface area contributed by atoms with Gasteiger partial charge in [-0.25, -0.2) is 0 Å². The van der Waals surface area contributed by atoms with E-state index in [1.807, 2.05) is 66.8 Å². The molecule has 0 radical (unpaired) electrons. The van der Waals surface area contributed by atoms with Gasteiger partial charge in [0.1, 0.15) is 24.4 Å². The van der Waals surface area contributed by atoms with Gasteiger partial charge in [-0.2, -0.15) is 0 Å². The minimum Gasteiger partial charge on any atom is -0.454 e. The Bertz CT molecular complexity index is 1900. The highest BCUT2D eigenvalue weighted by Gasteiger charge is 2.47. The number of unbranched alkanes of at least 4 members (excludes halogenated alkanes) is 16. The molecular weight excluding hydrogens is 1000 g/mol. The average Bonchev–Trinajstić information content (AvgIpc) is 3.45. The molecule has 80 heavy (non-hydrogen) atoms. The fraction of sp³-hybridized carbons (Fsp3) is 0.594. The predicted molar refractivity (Wildman–Crippen MR) is 333 cm³/mol. The number of hydrogen-bond donors (Lipinski definition) is 6. The number of hydrogen-bond acceptors (Lipinski definition) is 10. The molecule has 0 saturated carbocycles. The minimum absolute atomic E-state index is 0.0586. The van der Waals surface area contributed by atoms with Crippen molar-refractivity contribution >= 4 is 11.9 Å². The third-order valence-electron chi connectivity index (χ3n) is 13.3. The smallest absolute Gasteiger partial charge is 0.306 e. The van der Waals surface area contributed by atoms with Gasteiger partial charge in [-0.15, -0.1) is 0 Å². The highest BCUT2D eigenvalue weighted by molar-refractivity contribution is 5.80. The Morgan fingerprint density at radius 1 is 0.512 bits per heavy atom. The second-order valence-corrected chi connectivity index (χ2v) is 20.5. The van der Waals surface area contributed by atoms with Gasteiger partial charge in [0.15, 0.2) is 12.4 Å². The van der Waals surface area contributed by atoms with E-state index in [1.165, 1.54) is 44.9 Å². The Kier molecular flexibility index (Phi) is 50.2. The second kappa shape index (κ2) is 54.8. The van der Waals surface area contributed by atoms with Crippen molar-refractivity contribution in [3.8, 4) is 0 Å². The molecule has 1 saturated heterocycles. The average molecular weight is 1110 g/mol. The van der Waals surface area contributed by atoms with Gasteiger partial charge in [-0.1, -0.05) is 256 Å². The van der Waals surface area contributed by atoms with Gasteiger partial charge in [0.05, 0.1) is 25.4 Å². The molecule has 1 fully saturated rings. The maximum absolute atomic E-state index is 13.4. The molecular formula is C69H109NO10. The van der Waals surface area contributed by atoms with Crippen LogP contribution < -0.4 is 5.32 Å². The van der Waals surface area contributed by atoms with Crippen LogP contribution in [0.3, 0.4) is 0 Å². The van der Waals surface area contributed by atoms with Gasteiger partial charge in [0.25, 0.3) is 0 Å². The standard InChI is InChI=1S/C69H109NO10/c1-4-7-10-13-16-19-22-25-27-29-30-31-32-33-35-36-38-41-44-47-50-53-56-62(73)68(77)70-60(61(72)55-52-49-46-43-40-24-21-18-15-12-9-6-3)59-78-69-67(66(76)65(75)63(58-71)79-69)80-64(74)57-54-51-48-45-42-39-37-34-28-26-23-20-17-14-11-8-5-2/h7-8,10-11,14,16-17,19-20,23,25-28,30-31,33-35,37-39,41-42,52,55,60-63,65-67,69,71-73,75-76H,4-6,9,12-13,15,18,21-22,24,29,32,36,40,43-51,53-54,56-59H2,1-3H3,(H,70,77)/b10-7-,11-8-,17-14+,19-16-,23-20+,27-25-,28-26-,31-30-,35-33-,37-34+,41-38-,42-39+,55-52+. The third kappa shape index (κ3) is 42.2. The quantitative estimate of drug-likeness (QED) is 0.0149. The zero-order valence-corrected chi connectivity index (χ0v) is 49.6. The lowest BCUT2D eigenvalue weighted by Gasteiger charge is -2.41. The van der Waals surface area contributed by atoms with Crippen LogP contribution in [0, 0.1) is 0 Å². The first-order valence-electron chi connectivity index (χ1n) is 30.8. The molecule has 1 rings (SSSR count). The summed E-state index contributed by atoms with van der Waals surface area (Å²) in [5.41, 5.74) is 0. The molecule has 1 aliphatic rings. The first-order valence-corrected chi connectivity index (χ1v) is 30.8. The van der Waals surface area contributed by atoms with E-state index in [4.69, 9.17) is 14.2 Å². The molecule has 6 N–H and O–H groups in total. The number of rotatable bonds is 49. The maximum atomic E-state index is 13.4. The van der Waals surface area contributed by atoms with Crippen LogP contribution in [-0.2, 0) is 23.8 Å². The lowest BCUT2D eigenvalue weighted by Crippen LogP contribution is -2.61. The van der Waals surface area contributed by atoms with Crippen molar-refractivity contribution in [2.75, 3.05) is 13.2 Å². The Balaban J connectivity index is 2.75. The summed E-state index contributed by atoms with van der Waals surface area (Å²) in [4.78, 5) is 26.5. The fourth-order valence-corrected chi connectivity index (χ4v) is 8.51. The first kappa shape index (κ1) is 73.3. The van der Waals surface area contributed by atoms with E-state index < -0.39 is 67.4 Å². The predicted octanol–water partition coefficient (Wildman–Crippen LogP) is 14.8. The number of allylic oxidation sites excluding steroid dienone is 25. The van der Waals surface area contributed by atoms with Gasteiger partial charge in [0.2, 0.25) is 5.91 Å². The van der Waals surface area contributed by atoms with Crippen LogP contribution >= 0.6 is 0 Å². The van der Waals surface area contributed by atoms with Crippen molar-refractivity contribution in [2.45, 2.75) is 250 Å². The zero-order chi connectivity index (χ0) is 58.2. The lowest BCUT2D eigenvalue weighted by molar-refractivity contribution is -0.305. The summed E-state index contributed by atoms with van der Waals surface area (Å²) in [5, 5.41) is 56.9. The molecule has 0 aromatic rings. The Morgan fingerprint density at radius 3 is 1.50 bits per heavy atom. The van der Waals surface area contributed by atoms with Gasteiger partial charge in [-0.3, -0.25) is 9.59 Å². The topological polar surface area (TPSA) is 175 Å². The van der Waals surface area contributed by atoms with Crippen LogP contribution in [0.5, 0.6) is 0 Å². The van der Waals surface area contributed by atoms with E-state index >= 15 is 0 Å². The Hall–Kier alpha value is -4.72. The van der Waals surface area contributed by atoms with Crippen molar-refractivity contribution in [3.05, 3.63) is 158 Å². The highest BCUT2D eigenvalue weighted by atomic mass is 16.7. The first-order chi connectivity index (χ1) is 39.2. The molecule has 450 valence electrons. The number of esters is 1. The SMILES string of the molecule is CC\C=C/C=C/C=C/C=C\C=C\C=C\CCCCCC(=O)OC1C(OCC(NC(=O)C(O)CCCCC/C=C\C/C=C\C/C=C\C/C=C\C/C=C\C/C=C\CC)C(O)/C=C/CCCCCCCCCCCC)OC(CO)C(O)C1O. The van der Waals surface area contributed by atoms with E-state index in [0.29, 0.717) is 12.8 Å². The molecule has 0 aliphatic carbocycles. The number of aliphatic hydroxyl groups excluding tert-OH is 5. The molecule has 8 atom stereocenters. The van der Waals surface area contributed by atoms with E-state index in [0.717, 1.165) is 109 Å². The molecule has 0 spiro atoms. The minimum atomic E-state index is -1.65. The molecule has 8 unspecified atom stereocenters. The Morgan fingerprint density at radius 2 is 0.963 bits per heavy atom. The van der Waals surface area contributed by atoms with Gasteiger partial charge < -0.3 is 45.1 Å². The third-order valence-corrected chi connectivity index (χ3v) is 13.3. The van der Waals surface area contributed by atoms with Crippen molar-refractivity contribution in [1.29, 1.82) is 0 Å². The van der Waals surface area contributed by atoms with Crippen LogP contribution in [0.25, 0.3) is 0 Å². The molecule has 1 aliphatic heterocycles. The van der Waals surface area contributed by atoms with E-state index in [2.05, 4.69) is 111 Å². The van der Waals surface area contributed by atoms with E-state index in [1.54, 1.807) is 6.08 Å². The van der Waals surface area contributed by atoms with Gasteiger partial charge in [-0.05, 0) is 96.3 Å². The van der Waals surface area contributed by atoms with Crippen LogP contribution in [0.1, 0.15) is 201 Å². The number of nitrogens with one attached hydrogen (secondary N) is 1. The van der Waals surface area contributed by atoms with Crippen molar-refractivity contribution in [1.82, 2.24) is 5.32 Å². The van der Waals surface area contributed by atoms with Crippen molar-refractivity contribution in [2.24, 2.45) is 0 Å². The van der Waals surface area contributed by atoms with Gasteiger partial charge >= 0.3 is 5.97 Å².